The van der Waals surface area contributed by atoms with Crippen molar-refractivity contribution in [2.24, 2.45) is 0 Å². The van der Waals surface area contributed by atoms with Crippen LogP contribution in [0.4, 0.5) is 23.0 Å². The number of hydrogen-bond donors (Lipinski definition) is 0. The summed E-state index contributed by atoms with van der Waals surface area (Å²) in [6.45, 7) is 7.91. The molecule has 0 aliphatic heterocycles. The fraction of sp³-hybridized carbons (Fsp3) is 0.238. The first-order chi connectivity index (χ1) is 12.2. The lowest BCUT2D eigenvalue weighted by molar-refractivity contribution is 0.919. The summed E-state index contributed by atoms with van der Waals surface area (Å²) < 4.78 is 0. The van der Waals surface area contributed by atoms with Gasteiger partial charge in [0, 0.05) is 30.5 Å². The minimum atomic E-state index is 0.774. The van der Waals surface area contributed by atoms with E-state index in [-0.39, 0.29) is 0 Å². The van der Waals surface area contributed by atoms with Crippen LogP contribution >= 0.6 is 0 Å². The Labute approximate surface area is 149 Å². The summed E-state index contributed by atoms with van der Waals surface area (Å²) in [5, 5.41) is 0. The van der Waals surface area contributed by atoms with E-state index in [1.54, 1.807) is 0 Å². The molecule has 128 valence electrons. The van der Waals surface area contributed by atoms with E-state index in [4.69, 9.17) is 0 Å². The molecule has 4 nitrogen and oxygen atoms in total. The van der Waals surface area contributed by atoms with Crippen LogP contribution in [0.5, 0.6) is 0 Å². The van der Waals surface area contributed by atoms with Crippen LogP contribution in [0.1, 0.15) is 19.7 Å². The Morgan fingerprint density at radius 1 is 0.680 bits per heavy atom. The van der Waals surface area contributed by atoms with Gasteiger partial charge in [0.25, 0.3) is 0 Å². The quantitative estimate of drug-likeness (QED) is 0.628. The highest BCUT2D eigenvalue weighted by Gasteiger charge is 2.15. The maximum absolute atomic E-state index is 4.68. The first-order valence-electron chi connectivity index (χ1n) is 8.73. The van der Waals surface area contributed by atoms with Gasteiger partial charge in [-0.1, -0.05) is 36.4 Å². The summed E-state index contributed by atoms with van der Waals surface area (Å²) in [5.41, 5.74) is 2.27. The SMILES string of the molecule is CCN(c1ccccc1)c1cc(N(CC)c2ccccc2)nc(C)n1. The topological polar surface area (TPSA) is 32.3 Å². The number of aromatic nitrogens is 2. The van der Waals surface area contributed by atoms with Gasteiger partial charge in [-0.25, -0.2) is 9.97 Å². The molecule has 0 bridgehead atoms. The zero-order chi connectivity index (χ0) is 17.6. The maximum Gasteiger partial charge on any atom is 0.138 e. The summed E-state index contributed by atoms with van der Waals surface area (Å²) in [4.78, 5) is 13.8. The molecular weight excluding hydrogens is 308 g/mol. The second kappa shape index (κ2) is 7.79. The number of rotatable bonds is 6. The van der Waals surface area contributed by atoms with E-state index in [2.05, 4.69) is 88.2 Å². The third-order valence-corrected chi connectivity index (χ3v) is 4.13. The Morgan fingerprint density at radius 3 is 1.44 bits per heavy atom. The van der Waals surface area contributed by atoms with Crippen molar-refractivity contribution in [2.75, 3.05) is 22.9 Å². The average molecular weight is 332 g/mol. The van der Waals surface area contributed by atoms with E-state index in [0.717, 1.165) is 41.9 Å². The lowest BCUT2D eigenvalue weighted by Gasteiger charge is -2.26. The molecule has 0 amide bonds. The van der Waals surface area contributed by atoms with Crippen molar-refractivity contribution in [2.45, 2.75) is 20.8 Å². The lowest BCUT2D eigenvalue weighted by Crippen LogP contribution is -2.21. The molecule has 0 aliphatic rings. The van der Waals surface area contributed by atoms with Crippen LogP contribution in [0.3, 0.4) is 0 Å². The third kappa shape index (κ3) is 3.79. The molecular formula is C21H24N4. The second-order valence-corrected chi connectivity index (χ2v) is 5.79. The molecule has 1 aromatic heterocycles. The summed E-state index contributed by atoms with van der Waals surface area (Å²) >= 11 is 0. The highest BCUT2D eigenvalue weighted by molar-refractivity contribution is 5.66. The second-order valence-electron chi connectivity index (χ2n) is 5.79. The highest BCUT2D eigenvalue weighted by atomic mass is 15.2. The first kappa shape index (κ1) is 17.0. The van der Waals surface area contributed by atoms with Gasteiger partial charge in [-0.3, -0.25) is 0 Å². The van der Waals surface area contributed by atoms with Crippen LogP contribution in [-0.2, 0) is 0 Å². The van der Waals surface area contributed by atoms with Gasteiger partial charge in [-0.05, 0) is 45.0 Å². The van der Waals surface area contributed by atoms with E-state index < -0.39 is 0 Å². The van der Waals surface area contributed by atoms with E-state index in [0.29, 0.717) is 0 Å². The zero-order valence-electron chi connectivity index (χ0n) is 15.1. The molecule has 0 fully saturated rings. The molecule has 0 radical (unpaired) electrons. The van der Waals surface area contributed by atoms with Crippen molar-refractivity contribution >= 4 is 23.0 Å². The molecule has 3 aromatic rings. The molecule has 25 heavy (non-hydrogen) atoms. The highest BCUT2D eigenvalue weighted by Crippen LogP contribution is 2.29. The Kier molecular flexibility index (Phi) is 5.29. The predicted molar refractivity (Wildman–Crippen MR) is 105 cm³/mol. The largest absolute Gasteiger partial charge is 0.326 e. The summed E-state index contributed by atoms with van der Waals surface area (Å²) in [7, 11) is 0. The predicted octanol–water partition coefficient (Wildman–Crippen LogP) is 5.10. The molecule has 0 spiro atoms. The van der Waals surface area contributed by atoms with E-state index in [1.807, 2.05) is 19.1 Å². The van der Waals surface area contributed by atoms with Crippen LogP contribution < -0.4 is 9.80 Å². The van der Waals surface area contributed by atoms with Crippen molar-refractivity contribution in [3.8, 4) is 0 Å². The number of anilines is 4. The van der Waals surface area contributed by atoms with Gasteiger partial charge in [0.05, 0.1) is 0 Å². The van der Waals surface area contributed by atoms with Crippen molar-refractivity contribution < 1.29 is 0 Å². The summed E-state index contributed by atoms with van der Waals surface area (Å²) in [6.07, 6.45) is 0. The minimum absolute atomic E-state index is 0.774. The number of para-hydroxylation sites is 2. The normalized spacial score (nSPS) is 10.5. The average Bonchev–Trinajstić information content (AvgIpc) is 2.64. The number of nitrogens with zero attached hydrogens (tertiary/aromatic N) is 4. The Balaban J connectivity index is 2.03. The monoisotopic (exact) mass is 332 g/mol. The maximum atomic E-state index is 4.68. The Hall–Kier alpha value is -2.88. The van der Waals surface area contributed by atoms with Crippen molar-refractivity contribution in [1.82, 2.24) is 9.97 Å². The molecule has 0 saturated heterocycles. The molecule has 1 heterocycles. The van der Waals surface area contributed by atoms with Gasteiger partial charge in [0.2, 0.25) is 0 Å². The Bertz CT molecular complexity index is 737. The zero-order valence-corrected chi connectivity index (χ0v) is 15.1. The van der Waals surface area contributed by atoms with Gasteiger partial charge >= 0.3 is 0 Å². The van der Waals surface area contributed by atoms with Crippen LogP contribution in [0, 0.1) is 6.92 Å². The number of hydrogen-bond acceptors (Lipinski definition) is 4. The van der Waals surface area contributed by atoms with Gasteiger partial charge in [0.1, 0.15) is 17.5 Å². The third-order valence-electron chi connectivity index (χ3n) is 4.13. The standard InChI is InChI=1S/C21H24N4/c1-4-24(18-12-8-6-9-13-18)20-16-21(23-17(3)22-20)25(5-2)19-14-10-7-11-15-19/h6-16H,4-5H2,1-3H3. The Morgan fingerprint density at radius 2 is 1.08 bits per heavy atom. The lowest BCUT2D eigenvalue weighted by atomic mass is 10.2. The van der Waals surface area contributed by atoms with Crippen LogP contribution in [0.15, 0.2) is 66.7 Å². The van der Waals surface area contributed by atoms with E-state index >= 15 is 0 Å². The molecule has 0 unspecified atom stereocenters. The fourth-order valence-corrected chi connectivity index (χ4v) is 2.98. The molecule has 0 saturated carbocycles. The summed E-state index contributed by atoms with van der Waals surface area (Å²) in [5.74, 6) is 2.62. The number of benzene rings is 2. The molecule has 4 heteroatoms. The molecule has 0 N–H and O–H groups in total. The summed E-state index contributed by atoms with van der Waals surface area (Å²) in [6, 6.07) is 22.8. The van der Waals surface area contributed by atoms with Crippen molar-refractivity contribution in [3.63, 3.8) is 0 Å². The minimum Gasteiger partial charge on any atom is -0.326 e. The van der Waals surface area contributed by atoms with Crippen molar-refractivity contribution in [1.29, 1.82) is 0 Å². The van der Waals surface area contributed by atoms with E-state index in [1.165, 1.54) is 0 Å². The van der Waals surface area contributed by atoms with Gasteiger partial charge in [-0.15, -0.1) is 0 Å². The van der Waals surface area contributed by atoms with Crippen LogP contribution in [0.25, 0.3) is 0 Å². The smallest absolute Gasteiger partial charge is 0.138 e. The van der Waals surface area contributed by atoms with Crippen LogP contribution in [0.2, 0.25) is 0 Å². The molecule has 3 rings (SSSR count). The van der Waals surface area contributed by atoms with Crippen molar-refractivity contribution in [3.05, 3.63) is 72.6 Å². The van der Waals surface area contributed by atoms with Gasteiger partial charge in [-0.2, -0.15) is 0 Å². The van der Waals surface area contributed by atoms with Gasteiger partial charge < -0.3 is 9.80 Å². The molecule has 0 atom stereocenters. The van der Waals surface area contributed by atoms with Crippen LogP contribution in [-0.4, -0.2) is 23.1 Å². The molecule has 2 aromatic carbocycles. The molecule has 0 aliphatic carbocycles. The first-order valence-corrected chi connectivity index (χ1v) is 8.73. The van der Waals surface area contributed by atoms with Gasteiger partial charge in [0.15, 0.2) is 0 Å². The van der Waals surface area contributed by atoms with E-state index in [9.17, 15) is 0 Å². The number of aryl methyl sites for hydroxylation is 1. The fourth-order valence-electron chi connectivity index (χ4n) is 2.98.